The first-order valence-electron chi connectivity index (χ1n) is 6.28. The van der Waals surface area contributed by atoms with Gasteiger partial charge in [-0.15, -0.1) is 0 Å². The van der Waals surface area contributed by atoms with E-state index in [0.717, 1.165) is 32.7 Å². The molecule has 3 aromatic heterocycles. The van der Waals surface area contributed by atoms with Crippen molar-refractivity contribution in [2.24, 2.45) is 0 Å². The third-order valence-electron chi connectivity index (χ3n) is 3.21. The second-order valence-corrected chi connectivity index (χ2v) is 5.45. The molecule has 0 aliphatic rings. The maximum absolute atomic E-state index is 5.38. The van der Waals surface area contributed by atoms with Gasteiger partial charge in [0.15, 0.2) is 10.8 Å². The maximum Gasteiger partial charge on any atom is 0.213 e. The second-order valence-electron chi connectivity index (χ2n) is 4.49. The summed E-state index contributed by atoms with van der Waals surface area (Å²) in [5.74, 6) is 0.779. The number of fused-ring (bicyclic) bond motifs is 1. The van der Waals surface area contributed by atoms with E-state index in [4.69, 9.17) is 9.40 Å². The van der Waals surface area contributed by atoms with Gasteiger partial charge < -0.3 is 4.42 Å². The lowest BCUT2D eigenvalue weighted by molar-refractivity contribution is 0.580. The fourth-order valence-electron chi connectivity index (χ4n) is 2.22. The first kappa shape index (κ1) is 11.4. The van der Waals surface area contributed by atoms with Crippen LogP contribution in [-0.4, -0.2) is 14.6 Å². The molecule has 0 fully saturated rings. The van der Waals surface area contributed by atoms with Gasteiger partial charge in [0.2, 0.25) is 4.96 Å². The smallest absolute Gasteiger partial charge is 0.213 e. The average molecular weight is 281 g/mol. The lowest BCUT2D eigenvalue weighted by Crippen LogP contribution is -1.89. The van der Waals surface area contributed by atoms with E-state index in [1.807, 2.05) is 41.8 Å². The van der Waals surface area contributed by atoms with Gasteiger partial charge in [0.25, 0.3) is 0 Å². The van der Waals surface area contributed by atoms with Gasteiger partial charge in [0.05, 0.1) is 17.7 Å². The van der Waals surface area contributed by atoms with Crippen LogP contribution >= 0.6 is 11.3 Å². The number of furan rings is 1. The second kappa shape index (κ2) is 4.31. The van der Waals surface area contributed by atoms with E-state index in [0.29, 0.717) is 0 Å². The molecule has 4 rings (SSSR count). The van der Waals surface area contributed by atoms with Crippen LogP contribution in [0.3, 0.4) is 0 Å². The molecule has 0 unspecified atom stereocenters. The molecule has 20 heavy (non-hydrogen) atoms. The van der Waals surface area contributed by atoms with E-state index in [1.54, 1.807) is 6.26 Å². The van der Waals surface area contributed by atoms with Crippen LogP contribution in [-0.2, 0) is 0 Å². The van der Waals surface area contributed by atoms with E-state index in [-0.39, 0.29) is 0 Å². The van der Waals surface area contributed by atoms with Crippen LogP contribution in [0.1, 0.15) is 5.69 Å². The Balaban J connectivity index is 1.87. The predicted octanol–water partition coefficient (Wildman–Crippen LogP) is 4.03. The number of benzene rings is 1. The summed E-state index contributed by atoms with van der Waals surface area (Å²) in [5, 5.41) is 5.43. The quantitative estimate of drug-likeness (QED) is 0.557. The van der Waals surface area contributed by atoms with Gasteiger partial charge in [-0.3, -0.25) is 0 Å². The van der Waals surface area contributed by atoms with Gasteiger partial charge in [-0.25, -0.2) is 9.50 Å². The molecule has 0 aliphatic heterocycles. The number of nitrogens with zero attached hydrogens (tertiary/aromatic N) is 3. The summed E-state index contributed by atoms with van der Waals surface area (Å²) in [4.78, 5) is 5.57. The van der Waals surface area contributed by atoms with E-state index < -0.39 is 0 Å². The van der Waals surface area contributed by atoms with Crippen molar-refractivity contribution in [2.75, 3.05) is 0 Å². The van der Waals surface area contributed by atoms with Gasteiger partial charge in [0.1, 0.15) is 0 Å². The van der Waals surface area contributed by atoms with Crippen molar-refractivity contribution in [2.45, 2.75) is 6.92 Å². The van der Waals surface area contributed by atoms with E-state index in [2.05, 4.69) is 17.2 Å². The molecule has 0 bridgehead atoms. The number of hydrogen-bond donors (Lipinski definition) is 0. The van der Waals surface area contributed by atoms with Crippen molar-refractivity contribution in [1.82, 2.24) is 14.6 Å². The van der Waals surface area contributed by atoms with Crippen LogP contribution in [0.25, 0.3) is 27.0 Å². The molecule has 0 amide bonds. The van der Waals surface area contributed by atoms with Crippen LogP contribution in [0.2, 0.25) is 0 Å². The topological polar surface area (TPSA) is 43.3 Å². The number of rotatable bonds is 2. The van der Waals surface area contributed by atoms with Gasteiger partial charge in [-0.1, -0.05) is 41.7 Å². The van der Waals surface area contributed by atoms with Gasteiger partial charge in [-0.2, -0.15) is 5.10 Å². The van der Waals surface area contributed by atoms with E-state index in [9.17, 15) is 0 Å². The molecule has 0 radical (unpaired) electrons. The van der Waals surface area contributed by atoms with Crippen LogP contribution in [0.5, 0.6) is 0 Å². The molecule has 0 N–H and O–H groups in total. The van der Waals surface area contributed by atoms with Crippen LogP contribution in [0.15, 0.2) is 53.1 Å². The molecule has 3 heterocycles. The lowest BCUT2D eigenvalue weighted by atomic mass is 10.1. The van der Waals surface area contributed by atoms with Crippen molar-refractivity contribution in [3.8, 4) is 22.0 Å². The molecule has 4 nitrogen and oxygen atoms in total. The Morgan fingerprint density at radius 2 is 1.95 bits per heavy atom. The fourth-order valence-corrected chi connectivity index (χ4v) is 3.13. The third-order valence-corrected chi connectivity index (χ3v) is 4.13. The lowest BCUT2D eigenvalue weighted by Gasteiger charge is -1.97. The molecule has 0 saturated carbocycles. The SMILES string of the molecule is Cc1c(-c2ccccc2)nc2sc(-c3ccco3)nn12. The first-order chi connectivity index (χ1) is 9.83. The third kappa shape index (κ3) is 1.67. The molecular formula is C15H11N3OS. The highest BCUT2D eigenvalue weighted by Crippen LogP contribution is 2.30. The zero-order valence-electron chi connectivity index (χ0n) is 10.8. The highest BCUT2D eigenvalue weighted by atomic mass is 32.1. The van der Waals surface area contributed by atoms with Crippen molar-refractivity contribution in [1.29, 1.82) is 0 Å². The van der Waals surface area contributed by atoms with Crippen molar-refractivity contribution in [3.05, 3.63) is 54.4 Å². The standard InChI is InChI=1S/C15H11N3OS/c1-10-13(11-6-3-2-4-7-11)16-15-18(10)17-14(20-15)12-8-5-9-19-12/h2-9H,1H3. The van der Waals surface area contributed by atoms with E-state index >= 15 is 0 Å². The summed E-state index contributed by atoms with van der Waals surface area (Å²) in [7, 11) is 0. The zero-order valence-corrected chi connectivity index (χ0v) is 11.6. The molecule has 5 heteroatoms. The number of imidazole rings is 1. The van der Waals surface area contributed by atoms with Crippen LogP contribution < -0.4 is 0 Å². The monoisotopic (exact) mass is 281 g/mol. The largest absolute Gasteiger partial charge is 0.462 e. The Labute approximate surface area is 119 Å². The minimum absolute atomic E-state index is 0.779. The maximum atomic E-state index is 5.38. The van der Waals surface area contributed by atoms with E-state index in [1.165, 1.54) is 11.3 Å². The summed E-state index contributed by atoms with van der Waals surface area (Å²) in [6, 6.07) is 13.9. The molecule has 1 aromatic carbocycles. The highest BCUT2D eigenvalue weighted by molar-refractivity contribution is 7.19. The van der Waals surface area contributed by atoms with Crippen molar-refractivity contribution in [3.63, 3.8) is 0 Å². The Morgan fingerprint density at radius 3 is 2.65 bits per heavy atom. The summed E-state index contributed by atoms with van der Waals surface area (Å²) in [6.45, 7) is 2.04. The summed E-state index contributed by atoms with van der Waals surface area (Å²) in [6.07, 6.45) is 1.65. The molecule has 0 spiro atoms. The van der Waals surface area contributed by atoms with Crippen molar-refractivity contribution < 1.29 is 4.42 Å². The average Bonchev–Trinajstić information content (AvgIpc) is 3.17. The van der Waals surface area contributed by atoms with Crippen molar-refractivity contribution >= 4 is 16.3 Å². The van der Waals surface area contributed by atoms with Crippen LogP contribution in [0, 0.1) is 6.92 Å². The Morgan fingerprint density at radius 1 is 1.10 bits per heavy atom. The molecule has 0 saturated heterocycles. The molecule has 0 aliphatic carbocycles. The van der Waals surface area contributed by atoms with Gasteiger partial charge in [0, 0.05) is 5.56 Å². The summed E-state index contributed by atoms with van der Waals surface area (Å²) in [5.41, 5.74) is 3.14. The van der Waals surface area contributed by atoms with Gasteiger partial charge in [-0.05, 0) is 19.1 Å². The zero-order chi connectivity index (χ0) is 13.5. The predicted molar refractivity (Wildman–Crippen MR) is 78.7 cm³/mol. The number of aryl methyl sites for hydroxylation is 1. The fraction of sp³-hybridized carbons (Fsp3) is 0.0667. The first-order valence-corrected chi connectivity index (χ1v) is 7.10. The number of hydrogen-bond acceptors (Lipinski definition) is 4. The summed E-state index contributed by atoms with van der Waals surface area (Å²) >= 11 is 1.53. The minimum atomic E-state index is 0.779. The molecule has 98 valence electrons. The normalized spacial score (nSPS) is 11.2. The minimum Gasteiger partial charge on any atom is -0.462 e. The number of aromatic nitrogens is 3. The summed E-state index contributed by atoms with van der Waals surface area (Å²) < 4.78 is 7.26. The molecule has 0 atom stereocenters. The Hall–Kier alpha value is -2.40. The van der Waals surface area contributed by atoms with Crippen LogP contribution in [0.4, 0.5) is 0 Å². The molecule has 4 aromatic rings. The Bertz CT molecular complexity index is 859. The molecular weight excluding hydrogens is 270 g/mol. The Kier molecular flexibility index (Phi) is 2.47. The highest BCUT2D eigenvalue weighted by Gasteiger charge is 2.16. The van der Waals surface area contributed by atoms with Gasteiger partial charge >= 0.3 is 0 Å².